The van der Waals surface area contributed by atoms with Crippen molar-refractivity contribution in [3.63, 3.8) is 0 Å². The molecular formula is C10H12BrNO5S2. The minimum absolute atomic E-state index is 0.0540. The summed E-state index contributed by atoms with van der Waals surface area (Å²) in [5.74, 6) is -0.657. The molecule has 6 nitrogen and oxygen atoms in total. The smallest absolute Gasteiger partial charge is 0.324 e. The SMILES string of the molecule is COC(=O)C1CC(O)CN1S(=O)(=O)c1ccc(Br)s1. The molecule has 0 aliphatic carbocycles. The number of carbonyl (C=O) groups excluding carboxylic acids is 1. The van der Waals surface area contributed by atoms with E-state index in [1.54, 1.807) is 6.07 Å². The first kappa shape index (κ1) is 14.9. The van der Waals surface area contributed by atoms with Gasteiger partial charge in [0.15, 0.2) is 0 Å². The van der Waals surface area contributed by atoms with E-state index in [1.165, 1.54) is 13.2 Å². The summed E-state index contributed by atoms with van der Waals surface area (Å²) in [4.78, 5) is 11.6. The van der Waals surface area contributed by atoms with Crippen LogP contribution in [-0.4, -0.2) is 49.6 Å². The van der Waals surface area contributed by atoms with Gasteiger partial charge in [-0.05, 0) is 28.1 Å². The van der Waals surface area contributed by atoms with Crippen molar-refractivity contribution in [2.45, 2.75) is 22.8 Å². The van der Waals surface area contributed by atoms with Crippen molar-refractivity contribution in [3.05, 3.63) is 15.9 Å². The molecule has 0 spiro atoms. The van der Waals surface area contributed by atoms with Gasteiger partial charge in [-0.2, -0.15) is 4.31 Å². The molecule has 2 atom stereocenters. The number of β-amino-alcohol motifs (C(OH)–C–C–N with tert-alkyl or cyclic N) is 1. The molecule has 0 saturated carbocycles. The fourth-order valence-corrected chi connectivity index (χ4v) is 5.72. The number of halogens is 1. The van der Waals surface area contributed by atoms with Crippen molar-refractivity contribution in [2.24, 2.45) is 0 Å². The van der Waals surface area contributed by atoms with Crippen LogP contribution in [0.4, 0.5) is 0 Å². The molecule has 1 aliphatic rings. The van der Waals surface area contributed by atoms with E-state index in [0.29, 0.717) is 3.79 Å². The first-order valence-electron chi connectivity index (χ1n) is 5.39. The minimum Gasteiger partial charge on any atom is -0.468 e. The Morgan fingerprint density at radius 2 is 2.26 bits per heavy atom. The number of aliphatic hydroxyl groups excluding tert-OH is 1. The van der Waals surface area contributed by atoms with Crippen LogP contribution in [-0.2, 0) is 19.6 Å². The van der Waals surface area contributed by atoms with Crippen LogP contribution in [0.3, 0.4) is 0 Å². The van der Waals surface area contributed by atoms with Gasteiger partial charge < -0.3 is 9.84 Å². The van der Waals surface area contributed by atoms with Gasteiger partial charge in [0.25, 0.3) is 10.0 Å². The molecule has 1 fully saturated rings. The lowest BCUT2D eigenvalue weighted by atomic mass is 10.2. The van der Waals surface area contributed by atoms with Crippen LogP contribution in [0.25, 0.3) is 0 Å². The molecule has 1 aromatic heterocycles. The number of hydrogen-bond donors (Lipinski definition) is 1. The predicted molar refractivity (Wildman–Crippen MR) is 72.3 cm³/mol. The summed E-state index contributed by atoms with van der Waals surface area (Å²) in [5, 5.41) is 9.61. The van der Waals surface area contributed by atoms with E-state index in [9.17, 15) is 18.3 Å². The Morgan fingerprint density at radius 3 is 2.79 bits per heavy atom. The second-order valence-corrected chi connectivity index (χ2v) is 8.64. The zero-order valence-electron chi connectivity index (χ0n) is 9.95. The molecule has 19 heavy (non-hydrogen) atoms. The van der Waals surface area contributed by atoms with Crippen molar-refractivity contribution < 1.29 is 23.1 Å². The standard InChI is InChI=1S/C10H12BrNO5S2/c1-17-10(14)7-4-6(13)5-12(7)19(15,16)9-3-2-8(11)18-9/h2-3,6-7,13H,4-5H2,1H3. The van der Waals surface area contributed by atoms with Gasteiger partial charge in [0.1, 0.15) is 10.3 Å². The molecule has 0 aromatic carbocycles. The maximum Gasteiger partial charge on any atom is 0.324 e. The second kappa shape index (κ2) is 5.49. The van der Waals surface area contributed by atoms with E-state index in [2.05, 4.69) is 20.7 Å². The molecule has 1 N–H and O–H groups in total. The lowest BCUT2D eigenvalue weighted by Gasteiger charge is -2.20. The van der Waals surface area contributed by atoms with Crippen LogP contribution in [0.1, 0.15) is 6.42 Å². The monoisotopic (exact) mass is 369 g/mol. The maximum atomic E-state index is 12.4. The zero-order valence-corrected chi connectivity index (χ0v) is 13.2. The van der Waals surface area contributed by atoms with Crippen molar-refractivity contribution >= 4 is 43.3 Å². The highest BCUT2D eigenvalue weighted by Gasteiger charge is 2.44. The number of rotatable bonds is 3. The van der Waals surface area contributed by atoms with Gasteiger partial charge in [-0.1, -0.05) is 0 Å². The van der Waals surface area contributed by atoms with E-state index in [-0.39, 0.29) is 17.2 Å². The number of hydrogen-bond acceptors (Lipinski definition) is 6. The fourth-order valence-electron chi connectivity index (χ4n) is 1.95. The topological polar surface area (TPSA) is 83.9 Å². The highest BCUT2D eigenvalue weighted by atomic mass is 79.9. The van der Waals surface area contributed by atoms with Gasteiger partial charge in [0.05, 0.1) is 17.0 Å². The van der Waals surface area contributed by atoms with Gasteiger partial charge in [-0.3, -0.25) is 4.79 Å². The summed E-state index contributed by atoms with van der Waals surface area (Å²) >= 11 is 4.25. The third-order valence-corrected chi connectivity index (χ3v) is 6.78. The third kappa shape index (κ3) is 2.84. The summed E-state index contributed by atoms with van der Waals surface area (Å²) in [6.45, 7) is -0.0996. The third-order valence-electron chi connectivity index (χ3n) is 2.82. The van der Waals surface area contributed by atoms with Crippen LogP contribution in [0, 0.1) is 0 Å². The Hall–Kier alpha value is -0.480. The van der Waals surface area contributed by atoms with E-state index < -0.39 is 28.1 Å². The number of carbonyl (C=O) groups is 1. The van der Waals surface area contributed by atoms with Gasteiger partial charge in [0.2, 0.25) is 0 Å². The largest absolute Gasteiger partial charge is 0.468 e. The molecule has 0 amide bonds. The van der Waals surface area contributed by atoms with E-state index in [1.807, 2.05) is 0 Å². The van der Waals surface area contributed by atoms with Crippen LogP contribution < -0.4 is 0 Å². The molecule has 9 heteroatoms. The molecule has 0 bridgehead atoms. The Bertz CT molecular complexity index is 584. The molecule has 2 heterocycles. The molecule has 1 aliphatic heterocycles. The minimum atomic E-state index is -3.79. The first-order valence-corrected chi connectivity index (χ1v) is 8.44. The quantitative estimate of drug-likeness (QED) is 0.796. The van der Waals surface area contributed by atoms with Gasteiger partial charge in [0, 0.05) is 13.0 Å². The van der Waals surface area contributed by atoms with Gasteiger partial charge in [-0.15, -0.1) is 11.3 Å². The van der Waals surface area contributed by atoms with Crippen LogP contribution in [0.2, 0.25) is 0 Å². The molecule has 1 aromatic rings. The highest BCUT2D eigenvalue weighted by molar-refractivity contribution is 9.11. The van der Waals surface area contributed by atoms with Crippen LogP contribution in [0.15, 0.2) is 20.1 Å². The average Bonchev–Trinajstić information content (AvgIpc) is 2.95. The van der Waals surface area contributed by atoms with Crippen molar-refractivity contribution in [3.8, 4) is 0 Å². The van der Waals surface area contributed by atoms with Crippen molar-refractivity contribution in [2.75, 3.05) is 13.7 Å². The first-order chi connectivity index (χ1) is 8.86. The Balaban J connectivity index is 2.36. The lowest BCUT2D eigenvalue weighted by Crippen LogP contribution is -2.40. The summed E-state index contributed by atoms with van der Waals surface area (Å²) in [6.07, 6.45) is -0.805. The van der Waals surface area contributed by atoms with Crippen molar-refractivity contribution in [1.29, 1.82) is 0 Å². The van der Waals surface area contributed by atoms with E-state index in [0.717, 1.165) is 15.6 Å². The summed E-state index contributed by atoms with van der Waals surface area (Å²) in [5.41, 5.74) is 0. The summed E-state index contributed by atoms with van der Waals surface area (Å²) < 4.78 is 31.2. The number of methoxy groups -OCH3 is 1. The number of nitrogens with zero attached hydrogens (tertiary/aromatic N) is 1. The highest BCUT2D eigenvalue weighted by Crippen LogP contribution is 2.32. The number of esters is 1. The van der Waals surface area contributed by atoms with Crippen molar-refractivity contribution in [1.82, 2.24) is 4.31 Å². The summed E-state index contributed by atoms with van der Waals surface area (Å²) in [7, 11) is -2.60. The predicted octanol–water partition coefficient (Wildman–Crippen LogP) is 0.808. The Labute approximate surface area is 123 Å². The Morgan fingerprint density at radius 1 is 1.58 bits per heavy atom. The zero-order chi connectivity index (χ0) is 14.2. The van der Waals surface area contributed by atoms with Crippen LogP contribution in [0.5, 0.6) is 0 Å². The number of thiophene rings is 1. The fraction of sp³-hybridized carbons (Fsp3) is 0.500. The van der Waals surface area contributed by atoms with Gasteiger partial charge >= 0.3 is 5.97 Å². The number of ether oxygens (including phenoxy) is 1. The van der Waals surface area contributed by atoms with E-state index >= 15 is 0 Å². The van der Waals surface area contributed by atoms with Gasteiger partial charge in [-0.25, -0.2) is 8.42 Å². The molecule has 0 radical (unpaired) electrons. The number of sulfonamides is 1. The molecule has 2 unspecified atom stereocenters. The average molecular weight is 370 g/mol. The molecular weight excluding hydrogens is 358 g/mol. The Kier molecular flexibility index (Phi) is 4.31. The molecule has 1 saturated heterocycles. The second-order valence-electron chi connectivity index (χ2n) is 4.06. The lowest BCUT2D eigenvalue weighted by molar-refractivity contribution is -0.144. The van der Waals surface area contributed by atoms with Crippen LogP contribution >= 0.6 is 27.3 Å². The maximum absolute atomic E-state index is 12.4. The number of aliphatic hydroxyl groups is 1. The summed E-state index contributed by atoms with van der Waals surface area (Å²) in [6, 6.07) is 2.12. The molecule has 2 rings (SSSR count). The molecule has 106 valence electrons. The van der Waals surface area contributed by atoms with E-state index in [4.69, 9.17) is 0 Å². The normalized spacial score (nSPS) is 24.6.